The molecular weight excluding hydrogens is 268 g/mol. The van der Waals surface area contributed by atoms with Crippen LogP contribution in [0.25, 0.3) is 0 Å². The number of halogens is 1. The molecule has 2 amide bonds. The summed E-state index contributed by atoms with van der Waals surface area (Å²) in [5, 5.41) is 0.164. The molecule has 3 atom stereocenters. The molecule has 0 radical (unpaired) electrons. The second-order valence-corrected chi connectivity index (χ2v) is 5.30. The van der Waals surface area contributed by atoms with Gasteiger partial charge in [-0.2, -0.15) is 0 Å². The van der Waals surface area contributed by atoms with Crippen LogP contribution in [0.4, 0.5) is 0 Å². The summed E-state index contributed by atoms with van der Waals surface area (Å²) < 4.78 is 5.14. The van der Waals surface area contributed by atoms with Crippen molar-refractivity contribution >= 4 is 23.4 Å². The molecule has 0 N–H and O–H groups in total. The number of hydrogen-bond acceptors (Lipinski definition) is 3. The van der Waals surface area contributed by atoms with Crippen molar-refractivity contribution in [3.05, 3.63) is 23.1 Å². The zero-order valence-electron chi connectivity index (χ0n) is 11.4. The predicted octanol–water partition coefficient (Wildman–Crippen LogP) is 2.01. The first-order valence-electron chi connectivity index (χ1n) is 6.19. The number of carbonyl (C=O) groups is 2. The standard InChI is InChI=1S/C13H17ClN2O3/c1-7-8(2)16(9(3)12(17)15(7)4)13(18)10-5-6-11(14)19-10/h5-9H,1-4H3. The monoisotopic (exact) mass is 284 g/mol. The molecule has 1 aromatic rings. The van der Waals surface area contributed by atoms with Crippen molar-refractivity contribution in [2.24, 2.45) is 0 Å². The number of piperazine rings is 1. The minimum absolute atomic E-state index is 0.0434. The van der Waals surface area contributed by atoms with Crippen molar-refractivity contribution in [3.8, 4) is 0 Å². The summed E-state index contributed by atoms with van der Waals surface area (Å²) in [7, 11) is 1.76. The smallest absolute Gasteiger partial charge is 0.290 e. The Labute approximate surface area is 117 Å². The fourth-order valence-electron chi connectivity index (χ4n) is 2.44. The summed E-state index contributed by atoms with van der Waals surface area (Å²) in [6.45, 7) is 5.57. The maximum Gasteiger partial charge on any atom is 0.290 e. The summed E-state index contributed by atoms with van der Waals surface area (Å²) >= 11 is 5.68. The van der Waals surface area contributed by atoms with E-state index in [4.69, 9.17) is 16.0 Å². The van der Waals surface area contributed by atoms with E-state index in [0.29, 0.717) is 0 Å². The van der Waals surface area contributed by atoms with E-state index in [-0.39, 0.29) is 34.9 Å². The van der Waals surface area contributed by atoms with Gasteiger partial charge in [0.15, 0.2) is 11.0 Å². The van der Waals surface area contributed by atoms with Crippen molar-refractivity contribution in [1.29, 1.82) is 0 Å². The first kappa shape index (κ1) is 13.9. The average molecular weight is 285 g/mol. The van der Waals surface area contributed by atoms with E-state index in [1.165, 1.54) is 12.1 Å². The van der Waals surface area contributed by atoms with Crippen LogP contribution in [0, 0.1) is 0 Å². The Morgan fingerprint density at radius 2 is 1.89 bits per heavy atom. The van der Waals surface area contributed by atoms with Crippen molar-refractivity contribution < 1.29 is 14.0 Å². The molecule has 1 aliphatic heterocycles. The molecule has 1 fully saturated rings. The number of amides is 2. The third kappa shape index (κ3) is 2.23. The zero-order chi connectivity index (χ0) is 14.3. The van der Waals surface area contributed by atoms with Gasteiger partial charge in [-0.05, 0) is 44.5 Å². The van der Waals surface area contributed by atoms with Gasteiger partial charge in [0.1, 0.15) is 6.04 Å². The number of carbonyl (C=O) groups excluding carboxylic acids is 2. The first-order chi connectivity index (χ1) is 8.84. The third-order valence-corrected chi connectivity index (χ3v) is 4.09. The van der Waals surface area contributed by atoms with Crippen LogP contribution in [-0.2, 0) is 4.79 Å². The number of rotatable bonds is 1. The highest BCUT2D eigenvalue weighted by Gasteiger charge is 2.42. The predicted molar refractivity (Wildman–Crippen MR) is 71.0 cm³/mol. The summed E-state index contributed by atoms with van der Waals surface area (Å²) in [6.07, 6.45) is 0. The second-order valence-electron chi connectivity index (χ2n) is 4.92. The molecule has 0 bridgehead atoms. The van der Waals surface area contributed by atoms with Crippen LogP contribution in [0.15, 0.2) is 16.5 Å². The Bertz CT molecular complexity index is 514. The van der Waals surface area contributed by atoms with Crippen molar-refractivity contribution in [2.45, 2.75) is 38.9 Å². The summed E-state index contributed by atoms with van der Waals surface area (Å²) in [5.74, 6) is -0.218. The Morgan fingerprint density at radius 3 is 2.42 bits per heavy atom. The van der Waals surface area contributed by atoms with Crippen LogP contribution < -0.4 is 0 Å². The van der Waals surface area contributed by atoms with Gasteiger partial charge in [0.2, 0.25) is 5.91 Å². The highest BCUT2D eigenvalue weighted by atomic mass is 35.5. The lowest BCUT2D eigenvalue weighted by molar-refractivity contribution is -0.143. The molecule has 19 heavy (non-hydrogen) atoms. The number of likely N-dealkylation sites (N-methyl/N-ethyl adjacent to an activating group) is 1. The lowest BCUT2D eigenvalue weighted by Gasteiger charge is -2.46. The summed E-state index contributed by atoms with van der Waals surface area (Å²) in [6, 6.07) is 2.41. The van der Waals surface area contributed by atoms with Crippen LogP contribution >= 0.6 is 11.6 Å². The Balaban J connectivity index is 2.32. The van der Waals surface area contributed by atoms with E-state index in [1.807, 2.05) is 13.8 Å². The molecule has 3 unspecified atom stereocenters. The SMILES string of the molecule is CC1C(C)N(C(=O)c2ccc(Cl)o2)C(C)C(=O)N1C. The Morgan fingerprint density at radius 1 is 1.26 bits per heavy atom. The fraction of sp³-hybridized carbons (Fsp3) is 0.538. The van der Waals surface area contributed by atoms with E-state index in [0.717, 1.165) is 0 Å². The van der Waals surface area contributed by atoms with Crippen LogP contribution in [0.1, 0.15) is 31.3 Å². The number of hydrogen-bond donors (Lipinski definition) is 0. The van der Waals surface area contributed by atoms with Crippen molar-refractivity contribution in [3.63, 3.8) is 0 Å². The van der Waals surface area contributed by atoms with Gasteiger partial charge in [0.05, 0.1) is 6.04 Å². The topological polar surface area (TPSA) is 53.8 Å². The normalized spacial score (nSPS) is 27.8. The van der Waals surface area contributed by atoms with Gasteiger partial charge in [0, 0.05) is 13.1 Å². The van der Waals surface area contributed by atoms with Gasteiger partial charge < -0.3 is 14.2 Å². The van der Waals surface area contributed by atoms with Gasteiger partial charge in [-0.15, -0.1) is 0 Å². The molecule has 2 rings (SSSR count). The summed E-state index contributed by atoms with van der Waals surface area (Å²) in [4.78, 5) is 27.8. The lowest BCUT2D eigenvalue weighted by atomic mass is 10.00. The van der Waals surface area contributed by atoms with E-state index >= 15 is 0 Å². The zero-order valence-corrected chi connectivity index (χ0v) is 12.1. The van der Waals surface area contributed by atoms with Crippen molar-refractivity contribution in [2.75, 3.05) is 7.05 Å². The third-order valence-electron chi connectivity index (χ3n) is 3.89. The molecule has 0 aromatic carbocycles. The molecule has 6 heteroatoms. The molecule has 1 saturated heterocycles. The van der Waals surface area contributed by atoms with Crippen LogP contribution in [0.3, 0.4) is 0 Å². The Kier molecular flexibility index (Phi) is 3.58. The fourth-order valence-corrected chi connectivity index (χ4v) is 2.59. The molecule has 104 valence electrons. The maximum absolute atomic E-state index is 12.4. The number of furan rings is 1. The molecule has 1 aromatic heterocycles. The largest absolute Gasteiger partial charge is 0.440 e. The molecule has 1 aliphatic rings. The minimum Gasteiger partial charge on any atom is -0.440 e. The van der Waals surface area contributed by atoms with Gasteiger partial charge in [-0.1, -0.05) is 0 Å². The molecule has 0 spiro atoms. The Hall–Kier alpha value is -1.49. The molecule has 5 nitrogen and oxygen atoms in total. The molecular formula is C13H17ClN2O3. The van der Waals surface area contributed by atoms with Gasteiger partial charge in [-0.3, -0.25) is 9.59 Å². The first-order valence-corrected chi connectivity index (χ1v) is 6.57. The van der Waals surface area contributed by atoms with Gasteiger partial charge in [-0.25, -0.2) is 0 Å². The summed E-state index contributed by atoms with van der Waals surface area (Å²) in [5.41, 5.74) is 0. The molecule has 0 aliphatic carbocycles. The van der Waals surface area contributed by atoms with E-state index in [1.54, 1.807) is 23.8 Å². The maximum atomic E-state index is 12.4. The van der Waals surface area contributed by atoms with Crippen LogP contribution in [0.2, 0.25) is 5.22 Å². The van der Waals surface area contributed by atoms with Crippen LogP contribution in [0.5, 0.6) is 0 Å². The van der Waals surface area contributed by atoms with Gasteiger partial charge >= 0.3 is 0 Å². The van der Waals surface area contributed by atoms with E-state index in [9.17, 15) is 9.59 Å². The lowest BCUT2D eigenvalue weighted by Crippen LogP contribution is -2.64. The quantitative estimate of drug-likeness (QED) is 0.793. The highest BCUT2D eigenvalue weighted by molar-refractivity contribution is 6.29. The molecule has 2 heterocycles. The van der Waals surface area contributed by atoms with Crippen LogP contribution in [-0.4, -0.2) is 46.8 Å². The number of nitrogens with zero attached hydrogens (tertiary/aromatic N) is 2. The van der Waals surface area contributed by atoms with Crippen molar-refractivity contribution in [1.82, 2.24) is 9.80 Å². The van der Waals surface area contributed by atoms with E-state index < -0.39 is 6.04 Å². The van der Waals surface area contributed by atoms with E-state index in [2.05, 4.69) is 0 Å². The van der Waals surface area contributed by atoms with Gasteiger partial charge in [0.25, 0.3) is 5.91 Å². The molecule has 0 saturated carbocycles. The minimum atomic E-state index is -0.507. The highest BCUT2D eigenvalue weighted by Crippen LogP contribution is 2.25. The second kappa shape index (κ2) is 4.89. The average Bonchev–Trinajstić information content (AvgIpc) is 2.81.